The summed E-state index contributed by atoms with van der Waals surface area (Å²) in [6.45, 7) is 0.579. The van der Waals surface area contributed by atoms with E-state index in [1.807, 2.05) is 6.08 Å². The number of nitrogens with zero attached hydrogens (tertiary/aromatic N) is 2. The van der Waals surface area contributed by atoms with Gasteiger partial charge in [0.05, 0.1) is 11.4 Å². The largest absolute Gasteiger partial charge is 0.186 e. The first-order valence-corrected chi connectivity index (χ1v) is 4.91. The maximum absolute atomic E-state index is 6.36. The number of halogens is 2. The molecule has 66 valence electrons. The summed E-state index contributed by atoms with van der Waals surface area (Å²) in [4.78, 5) is -0.336. The Hall–Kier alpha value is -0.0800. The standard InChI is InChI=1S/C8H10Cl2N2/c9-7-4-8(10,5-11-12-7)6-2-1-3-6/h4,6H,1-3,5H2. The zero-order chi connectivity index (χ0) is 8.60. The van der Waals surface area contributed by atoms with E-state index in [2.05, 4.69) is 10.2 Å². The van der Waals surface area contributed by atoms with Gasteiger partial charge in [-0.1, -0.05) is 18.0 Å². The molecule has 1 atom stereocenters. The smallest absolute Gasteiger partial charge is 0.149 e. The molecular weight excluding hydrogens is 195 g/mol. The highest BCUT2D eigenvalue weighted by molar-refractivity contribution is 6.31. The fourth-order valence-corrected chi connectivity index (χ4v) is 2.30. The molecule has 0 aromatic heterocycles. The van der Waals surface area contributed by atoms with E-state index in [-0.39, 0.29) is 4.87 Å². The molecule has 1 aliphatic heterocycles. The van der Waals surface area contributed by atoms with Crippen molar-refractivity contribution in [2.75, 3.05) is 6.54 Å². The predicted octanol–water partition coefficient (Wildman–Crippen LogP) is 3.31. The molecule has 0 N–H and O–H groups in total. The normalized spacial score (nSPS) is 36.0. The van der Waals surface area contributed by atoms with Crippen LogP contribution in [0.15, 0.2) is 21.5 Å². The molecule has 12 heavy (non-hydrogen) atoms. The van der Waals surface area contributed by atoms with E-state index in [0.717, 1.165) is 0 Å². The molecule has 0 spiro atoms. The quantitative estimate of drug-likeness (QED) is 0.463. The van der Waals surface area contributed by atoms with Gasteiger partial charge >= 0.3 is 0 Å². The van der Waals surface area contributed by atoms with E-state index in [0.29, 0.717) is 17.6 Å². The van der Waals surface area contributed by atoms with Gasteiger partial charge in [0.1, 0.15) is 5.16 Å². The van der Waals surface area contributed by atoms with Crippen LogP contribution in [0.3, 0.4) is 0 Å². The average Bonchev–Trinajstić information content (AvgIpc) is 1.79. The van der Waals surface area contributed by atoms with Gasteiger partial charge in [-0.3, -0.25) is 0 Å². The van der Waals surface area contributed by atoms with Crippen molar-refractivity contribution in [3.8, 4) is 0 Å². The highest BCUT2D eigenvalue weighted by Gasteiger charge is 2.40. The molecule has 2 aliphatic rings. The summed E-state index contributed by atoms with van der Waals surface area (Å²) in [6.07, 6.45) is 5.51. The van der Waals surface area contributed by atoms with Crippen molar-refractivity contribution in [2.45, 2.75) is 24.1 Å². The maximum atomic E-state index is 6.36. The van der Waals surface area contributed by atoms with Crippen molar-refractivity contribution in [1.82, 2.24) is 0 Å². The predicted molar refractivity (Wildman–Crippen MR) is 49.6 cm³/mol. The summed E-state index contributed by atoms with van der Waals surface area (Å²) in [5.74, 6) is 0.548. The minimum absolute atomic E-state index is 0.336. The first-order chi connectivity index (χ1) is 5.71. The summed E-state index contributed by atoms with van der Waals surface area (Å²) in [7, 11) is 0. The summed E-state index contributed by atoms with van der Waals surface area (Å²) in [6, 6.07) is 0. The number of hydrogen-bond acceptors (Lipinski definition) is 2. The highest BCUT2D eigenvalue weighted by atomic mass is 35.5. The zero-order valence-corrected chi connectivity index (χ0v) is 8.15. The van der Waals surface area contributed by atoms with Crippen LogP contribution in [0.25, 0.3) is 0 Å². The second kappa shape index (κ2) is 3.00. The van der Waals surface area contributed by atoms with Crippen LogP contribution in [0, 0.1) is 5.92 Å². The molecule has 1 unspecified atom stereocenters. The SMILES string of the molecule is ClC1=CC(Cl)(C2CCC2)CN=N1. The molecule has 4 heteroatoms. The minimum atomic E-state index is -0.336. The number of alkyl halides is 1. The lowest BCUT2D eigenvalue weighted by Gasteiger charge is -2.38. The summed E-state index contributed by atoms with van der Waals surface area (Å²) < 4.78 is 0. The Bertz CT molecular complexity index is 245. The fourth-order valence-electron chi connectivity index (χ4n) is 1.62. The van der Waals surface area contributed by atoms with Gasteiger partial charge in [0.15, 0.2) is 0 Å². The Kier molecular flexibility index (Phi) is 2.13. The lowest BCUT2D eigenvalue weighted by Crippen LogP contribution is -2.38. The van der Waals surface area contributed by atoms with Crippen LogP contribution in [0.5, 0.6) is 0 Å². The van der Waals surface area contributed by atoms with Gasteiger partial charge in [0, 0.05) is 0 Å². The Morgan fingerprint density at radius 1 is 1.50 bits per heavy atom. The van der Waals surface area contributed by atoms with Crippen molar-refractivity contribution in [3.05, 3.63) is 11.2 Å². The molecule has 2 nitrogen and oxygen atoms in total. The molecule has 0 aromatic rings. The van der Waals surface area contributed by atoms with Gasteiger partial charge in [-0.05, 0) is 24.8 Å². The molecule has 0 radical (unpaired) electrons. The van der Waals surface area contributed by atoms with Gasteiger partial charge in [-0.15, -0.1) is 16.7 Å². The van der Waals surface area contributed by atoms with Gasteiger partial charge in [-0.25, -0.2) is 0 Å². The van der Waals surface area contributed by atoms with Gasteiger partial charge in [-0.2, -0.15) is 5.11 Å². The first kappa shape index (κ1) is 8.52. The van der Waals surface area contributed by atoms with Crippen LogP contribution in [-0.4, -0.2) is 11.4 Å². The molecule has 0 saturated heterocycles. The topological polar surface area (TPSA) is 24.7 Å². The summed E-state index contributed by atoms with van der Waals surface area (Å²) in [5.41, 5.74) is 0. The molecule has 0 amide bonds. The van der Waals surface area contributed by atoms with Crippen molar-refractivity contribution in [1.29, 1.82) is 0 Å². The van der Waals surface area contributed by atoms with E-state index in [4.69, 9.17) is 23.2 Å². The summed E-state index contributed by atoms with van der Waals surface area (Å²) in [5, 5.41) is 8.07. The zero-order valence-electron chi connectivity index (χ0n) is 6.63. The van der Waals surface area contributed by atoms with Gasteiger partial charge in [0.25, 0.3) is 0 Å². The van der Waals surface area contributed by atoms with E-state index in [9.17, 15) is 0 Å². The van der Waals surface area contributed by atoms with E-state index >= 15 is 0 Å². The van der Waals surface area contributed by atoms with Crippen LogP contribution < -0.4 is 0 Å². The molecule has 1 heterocycles. The van der Waals surface area contributed by atoms with E-state index < -0.39 is 0 Å². The van der Waals surface area contributed by atoms with E-state index in [1.54, 1.807) is 0 Å². The minimum Gasteiger partial charge on any atom is -0.186 e. The molecule has 0 bridgehead atoms. The average molecular weight is 205 g/mol. The Morgan fingerprint density at radius 3 is 2.75 bits per heavy atom. The van der Waals surface area contributed by atoms with Crippen LogP contribution in [-0.2, 0) is 0 Å². The van der Waals surface area contributed by atoms with Crippen LogP contribution >= 0.6 is 23.2 Å². The van der Waals surface area contributed by atoms with Gasteiger partial charge in [0.2, 0.25) is 0 Å². The van der Waals surface area contributed by atoms with E-state index in [1.165, 1.54) is 19.3 Å². The molecule has 1 saturated carbocycles. The Balaban J connectivity index is 2.15. The fraction of sp³-hybridized carbons (Fsp3) is 0.750. The lowest BCUT2D eigenvalue weighted by atomic mass is 9.75. The number of hydrogen-bond donors (Lipinski definition) is 0. The Morgan fingerprint density at radius 2 is 2.25 bits per heavy atom. The molecule has 1 fully saturated rings. The number of rotatable bonds is 1. The molecular formula is C8H10Cl2N2. The third kappa shape index (κ3) is 1.38. The first-order valence-electron chi connectivity index (χ1n) is 4.15. The van der Waals surface area contributed by atoms with Crippen molar-refractivity contribution in [3.63, 3.8) is 0 Å². The Labute approximate surface area is 81.6 Å². The van der Waals surface area contributed by atoms with Crippen molar-refractivity contribution < 1.29 is 0 Å². The van der Waals surface area contributed by atoms with Crippen molar-refractivity contribution >= 4 is 23.2 Å². The molecule has 1 aliphatic carbocycles. The summed E-state index contributed by atoms with van der Waals surface area (Å²) >= 11 is 12.1. The maximum Gasteiger partial charge on any atom is 0.149 e. The highest BCUT2D eigenvalue weighted by Crippen LogP contribution is 2.43. The molecule has 2 rings (SSSR count). The second-order valence-corrected chi connectivity index (χ2v) is 4.51. The van der Waals surface area contributed by atoms with Crippen LogP contribution in [0.1, 0.15) is 19.3 Å². The lowest BCUT2D eigenvalue weighted by molar-refractivity contribution is 0.261. The molecule has 0 aromatic carbocycles. The van der Waals surface area contributed by atoms with Gasteiger partial charge < -0.3 is 0 Å². The monoisotopic (exact) mass is 204 g/mol. The number of azo groups is 1. The second-order valence-electron chi connectivity index (χ2n) is 3.42. The van der Waals surface area contributed by atoms with Crippen molar-refractivity contribution in [2.24, 2.45) is 16.1 Å². The van der Waals surface area contributed by atoms with Crippen LogP contribution in [0.2, 0.25) is 0 Å². The third-order valence-electron chi connectivity index (χ3n) is 2.62. The van der Waals surface area contributed by atoms with Crippen LogP contribution in [0.4, 0.5) is 0 Å². The third-order valence-corrected chi connectivity index (χ3v) is 3.34.